The van der Waals surface area contributed by atoms with Crippen molar-refractivity contribution in [2.24, 2.45) is 0 Å². The van der Waals surface area contributed by atoms with Crippen molar-refractivity contribution in [3.63, 3.8) is 0 Å². The quantitative estimate of drug-likeness (QED) is 0.236. The van der Waals surface area contributed by atoms with Crippen molar-refractivity contribution in [2.45, 2.75) is 27.7 Å². The Morgan fingerprint density at radius 1 is 0.650 bits per heavy atom. The van der Waals surface area contributed by atoms with Gasteiger partial charge in [0.25, 0.3) is 0 Å². The zero-order valence-corrected chi connectivity index (χ0v) is 23.9. The highest BCUT2D eigenvalue weighted by Gasteiger charge is 2.18. The van der Waals surface area contributed by atoms with E-state index in [1.54, 1.807) is 0 Å². The van der Waals surface area contributed by atoms with Crippen LogP contribution < -0.4 is 20.9 Å². The molecule has 0 spiro atoms. The van der Waals surface area contributed by atoms with E-state index in [1.807, 2.05) is 48.5 Å². The summed E-state index contributed by atoms with van der Waals surface area (Å²) < 4.78 is 12.2. The van der Waals surface area contributed by atoms with E-state index in [0.717, 1.165) is 61.9 Å². The summed E-state index contributed by atoms with van der Waals surface area (Å²) in [6.07, 6.45) is 0. The van der Waals surface area contributed by atoms with Gasteiger partial charge in [-0.3, -0.25) is 0 Å². The predicted octanol–water partition coefficient (Wildman–Crippen LogP) is 4.36. The molecule has 40 heavy (non-hydrogen) atoms. The molecule has 0 aliphatic heterocycles. The van der Waals surface area contributed by atoms with Gasteiger partial charge in [-0.25, -0.2) is 9.97 Å². The second-order valence-electron chi connectivity index (χ2n) is 9.37. The van der Waals surface area contributed by atoms with Crippen LogP contribution in [0, 0.1) is 0 Å². The van der Waals surface area contributed by atoms with Crippen LogP contribution >= 0.6 is 0 Å². The van der Waals surface area contributed by atoms with Gasteiger partial charge >= 0.3 is 0 Å². The first-order valence-electron chi connectivity index (χ1n) is 14.0. The average molecular weight is 545 g/mol. The second kappa shape index (κ2) is 13.9. The number of rotatable bonds is 14. The molecule has 212 valence electrons. The van der Waals surface area contributed by atoms with Gasteiger partial charge in [-0.15, -0.1) is 0 Å². The van der Waals surface area contributed by atoms with Gasteiger partial charge in [0.2, 0.25) is 5.95 Å². The third kappa shape index (κ3) is 7.13. The van der Waals surface area contributed by atoms with Gasteiger partial charge in [0.15, 0.2) is 17.0 Å². The van der Waals surface area contributed by atoms with Crippen molar-refractivity contribution >= 4 is 22.9 Å². The van der Waals surface area contributed by atoms with Crippen molar-refractivity contribution in [3.8, 4) is 34.0 Å². The third-order valence-electron chi connectivity index (χ3n) is 6.93. The van der Waals surface area contributed by atoms with Gasteiger partial charge in [-0.2, -0.15) is 9.97 Å². The number of benzene rings is 2. The molecule has 10 nitrogen and oxygen atoms in total. The minimum atomic E-state index is 0.0510. The summed E-state index contributed by atoms with van der Waals surface area (Å²) >= 11 is 0. The fourth-order valence-corrected chi connectivity index (χ4v) is 4.52. The summed E-state index contributed by atoms with van der Waals surface area (Å²) in [7, 11) is 0. The Morgan fingerprint density at radius 3 is 1.65 bits per heavy atom. The van der Waals surface area contributed by atoms with Crippen LogP contribution in [-0.4, -0.2) is 82.2 Å². The Labute approximate surface area is 236 Å². The fraction of sp³-hybridized carbons (Fsp3) is 0.400. The molecular weight excluding hydrogens is 504 g/mol. The first-order chi connectivity index (χ1) is 19.4. The molecule has 0 bridgehead atoms. The maximum atomic E-state index is 6.18. The first-order valence-corrected chi connectivity index (χ1v) is 14.0. The number of anilines is 2. The van der Waals surface area contributed by atoms with Crippen LogP contribution in [0.5, 0.6) is 11.5 Å². The molecule has 0 radical (unpaired) electrons. The van der Waals surface area contributed by atoms with Crippen molar-refractivity contribution < 1.29 is 9.47 Å². The van der Waals surface area contributed by atoms with E-state index in [1.165, 1.54) is 0 Å². The molecule has 0 atom stereocenters. The molecule has 0 aliphatic carbocycles. The molecule has 4 aromatic rings. The molecule has 0 saturated carbocycles. The zero-order chi connectivity index (χ0) is 28.5. The highest BCUT2D eigenvalue weighted by molar-refractivity contribution is 5.89. The van der Waals surface area contributed by atoms with Gasteiger partial charge in [-0.1, -0.05) is 52.0 Å². The van der Waals surface area contributed by atoms with Crippen LogP contribution in [0.3, 0.4) is 0 Å². The minimum Gasteiger partial charge on any atom is -0.492 e. The van der Waals surface area contributed by atoms with Crippen molar-refractivity contribution in [2.75, 3.05) is 63.9 Å². The van der Waals surface area contributed by atoms with Gasteiger partial charge in [-0.05, 0) is 50.4 Å². The lowest BCUT2D eigenvalue weighted by Gasteiger charge is -2.18. The molecule has 10 heteroatoms. The maximum absolute atomic E-state index is 6.18. The molecular formula is C30H40N8O2. The lowest BCUT2D eigenvalue weighted by molar-refractivity contribution is 0.223. The van der Waals surface area contributed by atoms with Crippen molar-refractivity contribution in [1.29, 1.82) is 0 Å². The number of nitrogen functional groups attached to an aromatic ring is 2. The summed E-state index contributed by atoms with van der Waals surface area (Å²) in [6.45, 7) is 15.5. The molecule has 2 aromatic carbocycles. The lowest BCUT2D eigenvalue weighted by Crippen LogP contribution is -2.27. The molecule has 4 rings (SSSR count). The summed E-state index contributed by atoms with van der Waals surface area (Å²) in [4.78, 5) is 22.8. The summed E-state index contributed by atoms with van der Waals surface area (Å²) in [5, 5.41) is 0. The second-order valence-corrected chi connectivity index (χ2v) is 9.37. The zero-order valence-electron chi connectivity index (χ0n) is 23.9. The van der Waals surface area contributed by atoms with E-state index in [0.29, 0.717) is 35.8 Å². The number of aromatic nitrogens is 4. The Balaban J connectivity index is 1.70. The number of likely N-dealkylation sites (N-methyl/N-ethyl adjacent to an activating group) is 2. The van der Waals surface area contributed by atoms with E-state index in [9.17, 15) is 0 Å². The Hall–Kier alpha value is -4.02. The largest absolute Gasteiger partial charge is 0.492 e. The van der Waals surface area contributed by atoms with E-state index in [-0.39, 0.29) is 11.8 Å². The first kappa shape index (κ1) is 29.0. The number of nitrogens with zero attached hydrogens (tertiary/aromatic N) is 6. The third-order valence-corrected chi connectivity index (χ3v) is 6.93. The molecule has 0 fully saturated rings. The fourth-order valence-electron chi connectivity index (χ4n) is 4.52. The summed E-state index contributed by atoms with van der Waals surface area (Å²) in [6, 6.07) is 15.7. The molecule has 0 aliphatic rings. The normalized spacial score (nSPS) is 11.4. The van der Waals surface area contributed by atoms with Crippen molar-refractivity contribution in [3.05, 3.63) is 48.5 Å². The van der Waals surface area contributed by atoms with Gasteiger partial charge in [0.05, 0.1) is 11.4 Å². The number of ether oxygens (including phenoxy) is 2. The van der Waals surface area contributed by atoms with Crippen LogP contribution in [0.25, 0.3) is 33.7 Å². The van der Waals surface area contributed by atoms with Crippen LogP contribution in [0.4, 0.5) is 11.8 Å². The molecule has 4 N–H and O–H groups in total. The molecule has 2 aromatic heterocycles. The highest BCUT2D eigenvalue weighted by atomic mass is 16.5. The summed E-state index contributed by atoms with van der Waals surface area (Å²) in [5.41, 5.74) is 15.8. The minimum absolute atomic E-state index is 0.0510. The average Bonchev–Trinajstić information content (AvgIpc) is 2.97. The van der Waals surface area contributed by atoms with Crippen LogP contribution in [0.15, 0.2) is 48.5 Å². The SMILES string of the molecule is CCN(CC)CCOc1cccc(-c2nc3nc(N)nc(N)c3nc2-c2cccc(OCCN(CC)CC)c2)c1. The smallest absolute Gasteiger partial charge is 0.224 e. The van der Waals surface area contributed by atoms with E-state index in [2.05, 4.69) is 47.5 Å². The topological polar surface area (TPSA) is 129 Å². The Bertz CT molecular complexity index is 1410. The maximum Gasteiger partial charge on any atom is 0.224 e. The van der Waals surface area contributed by atoms with Gasteiger partial charge in [0, 0.05) is 24.2 Å². The van der Waals surface area contributed by atoms with E-state index < -0.39 is 0 Å². The predicted molar refractivity (Wildman–Crippen MR) is 161 cm³/mol. The number of hydrogen-bond acceptors (Lipinski definition) is 10. The molecule has 0 amide bonds. The Morgan fingerprint density at radius 2 is 1.15 bits per heavy atom. The van der Waals surface area contributed by atoms with E-state index in [4.69, 9.17) is 30.9 Å². The molecule has 0 unspecified atom stereocenters. The van der Waals surface area contributed by atoms with Crippen LogP contribution in [0.1, 0.15) is 27.7 Å². The van der Waals surface area contributed by atoms with E-state index >= 15 is 0 Å². The standard InChI is InChI=1S/C30H40N8O2/c1-5-37(6-2)15-17-39-23-13-9-11-21(19-23)25-26(34-29-27(33-25)28(31)35-30(32)36-29)22-12-10-14-24(20-22)40-18-16-38(7-3)8-4/h9-14,19-20H,5-8,15-18H2,1-4H3,(H4,31,32,34,35,36). The number of fused-ring (bicyclic) bond motifs is 1. The summed E-state index contributed by atoms with van der Waals surface area (Å²) in [5.74, 6) is 1.75. The number of nitrogens with two attached hydrogens (primary N) is 2. The number of hydrogen-bond donors (Lipinski definition) is 2. The molecule has 2 heterocycles. The molecule has 0 saturated heterocycles. The van der Waals surface area contributed by atoms with Crippen LogP contribution in [-0.2, 0) is 0 Å². The monoisotopic (exact) mass is 544 g/mol. The van der Waals surface area contributed by atoms with Crippen LogP contribution in [0.2, 0.25) is 0 Å². The lowest BCUT2D eigenvalue weighted by atomic mass is 10.0. The highest BCUT2D eigenvalue weighted by Crippen LogP contribution is 2.34. The van der Waals surface area contributed by atoms with Crippen molar-refractivity contribution in [1.82, 2.24) is 29.7 Å². The van der Waals surface area contributed by atoms with Gasteiger partial charge < -0.3 is 30.7 Å². The van der Waals surface area contributed by atoms with Gasteiger partial charge in [0.1, 0.15) is 24.7 Å². The Kier molecular flexibility index (Phi) is 10.0.